The number of fused-ring (bicyclic) bond motifs is 1. The third-order valence-electron chi connectivity index (χ3n) is 4.20. The van der Waals surface area contributed by atoms with Crippen LogP contribution in [0.15, 0.2) is 17.2 Å². The molecule has 0 spiro atoms. The van der Waals surface area contributed by atoms with E-state index in [1.54, 1.807) is 13.0 Å². The molecular weight excluding hydrogens is 358 g/mol. The SMILES string of the molecule is Cc1cc(Nc2ncnc(N)c2Cl)c(=O)n2c1C(=O)NCN(C)CCC2. The number of amides is 1. The van der Waals surface area contributed by atoms with Crippen molar-refractivity contribution in [1.82, 2.24) is 24.8 Å². The quantitative estimate of drug-likeness (QED) is 0.712. The molecule has 26 heavy (non-hydrogen) atoms. The lowest BCUT2D eigenvalue weighted by Gasteiger charge is -2.16. The van der Waals surface area contributed by atoms with Gasteiger partial charge >= 0.3 is 0 Å². The van der Waals surface area contributed by atoms with Gasteiger partial charge in [-0.2, -0.15) is 0 Å². The summed E-state index contributed by atoms with van der Waals surface area (Å²) in [5, 5.41) is 5.88. The minimum atomic E-state index is -0.321. The maximum atomic E-state index is 13.0. The minimum absolute atomic E-state index is 0.117. The highest BCUT2D eigenvalue weighted by Crippen LogP contribution is 2.26. The number of aromatic nitrogens is 3. The Morgan fingerprint density at radius 3 is 2.85 bits per heavy atom. The van der Waals surface area contributed by atoms with E-state index in [2.05, 4.69) is 20.6 Å². The maximum absolute atomic E-state index is 13.0. The average molecular weight is 378 g/mol. The molecule has 0 aromatic carbocycles. The molecule has 0 atom stereocenters. The summed E-state index contributed by atoms with van der Waals surface area (Å²) < 4.78 is 1.49. The van der Waals surface area contributed by atoms with Crippen LogP contribution in [0.2, 0.25) is 5.02 Å². The van der Waals surface area contributed by atoms with E-state index in [-0.39, 0.29) is 33.8 Å². The highest BCUT2D eigenvalue weighted by molar-refractivity contribution is 6.35. The van der Waals surface area contributed by atoms with E-state index >= 15 is 0 Å². The smallest absolute Gasteiger partial charge is 0.274 e. The Balaban J connectivity index is 2.06. The second-order valence-corrected chi connectivity index (χ2v) is 6.57. The molecule has 138 valence electrons. The molecule has 0 unspecified atom stereocenters. The van der Waals surface area contributed by atoms with E-state index in [0.29, 0.717) is 24.5 Å². The monoisotopic (exact) mass is 377 g/mol. The Kier molecular flexibility index (Phi) is 5.10. The first kappa shape index (κ1) is 18.2. The predicted molar refractivity (Wildman–Crippen MR) is 99.8 cm³/mol. The van der Waals surface area contributed by atoms with Crippen LogP contribution in [-0.4, -0.2) is 45.6 Å². The number of carbonyl (C=O) groups is 1. The summed E-state index contributed by atoms with van der Waals surface area (Å²) in [6.45, 7) is 3.41. The van der Waals surface area contributed by atoms with Crippen molar-refractivity contribution in [3.63, 3.8) is 0 Å². The number of nitrogen functional groups attached to an aromatic ring is 1. The first-order valence-corrected chi connectivity index (χ1v) is 8.50. The van der Waals surface area contributed by atoms with Gasteiger partial charge in [0.25, 0.3) is 11.5 Å². The van der Waals surface area contributed by atoms with Gasteiger partial charge in [0.05, 0.1) is 6.67 Å². The second-order valence-electron chi connectivity index (χ2n) is 6.19. The summed E-state index contributed by atoms with van der Waals surface area (Å²) in [5.41, 5.74) is 6.66. The number of nitrogens with two attached hydrogens (primary N) is 1. The molecule has 2 aromatic rings. The van der Waals surface area contributed by atoms with Crippen LogP contribution in [0.3, 0.4) is 0 Å². The van der Waals surface area contributed by atoms with Gasteiger partial charge in [-0.15, -0.1) is 0 Å². The first-order chi connectivity index (χ1) is 12.4. The van der Waals surface area contributed by atoms with Gasteiger partial charge in [0, 0.05) is 13.1 Å². The summed E-state index contributed by atoms with van der Waals surface area (Å²) in [5.74, 6) is 0.0822. The molecule has 0 saturated heterocycles. The standard InChI is InChI=1S/C16H20ClN7O2/c1-9-6-10(22-14-11(17)13(18)19-7-20-14)16(26)24-5-3-4-23(2)8-21-15(25)12(9)24/h6-7H,3-5,8H2,1-2H3,(H,21,25)(H3,18,19,20,22). The Labute approximate surface area is 155 Å². The van der Waals surface area contributed by atoms with Crippen LogP contribution in [0, 0.1) is 6.92 Å². The Morgan fingerprint density at radius 2 is 2.08 bits per heavy atom. The zero-order chi connectivity index (χ0) is 18.8. The van der Waals surface area contributed by atoms with Gasteiger partial charge < -0.3 is 20.9 Å². The number of nitrogens with zero attached hydrogens (tertiary/aromatic N) is 4. The topological polar surface area (TPSA) is 118 Å². The number of carbonyl (C=O) groups excluding carboxylic acids is 1. The molecule has 0 saturated carbocycles. The number of pyridine rings is 1. The van der Waals surface area contributed by atoms with Crippen LogP contribution in [-0.2, 0) is 6.54 Å². The molecule has 4 N–H and O–H groups in total. The van der Waals surface area contributed by atoms with Crippen LogP contribution in [0.25, 0.3) is 0 Å². The molecule has 0 fully saturated rings. The fraction of sp³-hybridized carbons (Fsp3) is 0.375. The van der Waals surface area contributed by atoms with Crippen molar-refractivity contribution in [3.05, 3.63) is 39.0 Å². The molecule has 1 aliphatic heterocycles. The predicted octanol–water partition coefficient (Wildman–Crippen LogP) is 0.949. The molecule has 1 aliphatic rings. The van der Waals surface area contributed by atoms with Crippen molar-refractivity contribution < 1.29 is 4.79 Å². The number of anilines is 3. The number of hydrogen-bond donors (Lipinski definition) is 3. The van der Waals surface area contributed by atoms with E-state index in [1.807, 2.05) is 11.9 Å². The summed E-state index contributed by atoms with van der Waals surface area (Å²) in [6.07, 6.45) is 2.00. The van der Waals surface area contributed by atoms with Gasteiger partial charge in [-0.3, -0.25) is 14.5 Å². The Bertz CT molecular complexity index is 912. The van der Waals surface area contributed by atoms with E-state index in [1.165, 1.54) is 10.9 Å². The van der Waals surface area contributed by atoms with E-state index in [9.17, 15) is 9.59 Å². The largest absolute Gasteiger partial charge is 0.382 e. The summed E-state index contributed by atoms with van der Waals surface area (Å²) in [7, 11) is 1.92. The molecule has 9 nitrogen and oxygen atoms in total. The normalized spacial score (nSPS) is 15.4. The van der Waals surface area contributed by atoms with Crippen molar-refractivity contribution in [2.45, 2.75) is 19.9 Å². The lowest BCUT2D eigenvalue weighted by molar-refractivity contribution is 0.0924. The van der Waals surface area contributed by atoms with E-state index in [0.717, 1.165) is 13.0 Å². The second kappa shape index (κ2) is 7.30. The third kappa shape index (κ3) is 3.49. The molecule has 0 aliphatic carbocycles. The fourth-order valence-electron chi connectivity index (χ4n) is 2.88. The van der Waals surface area contributed by atoms with Crippen LogP contribution in [0.1, 0.15) is 22.5 Å². The molecule has 2 aromatic heterocycles. The van der Waals surface area contributed by atoms with Gasteiger partial charge in [0.15, 0.2) is 5.82 Å². The zero-order valence-electron chi connectivity index (χ0n) is 14.5. The maximum Gasteiger partial charge on any atom is 0.274 e. The molecule has 1 amide bonds. The van der Waals surface area contributed by atoms with Crippen LogP contribution >= 0.6 is 11.6 Å². The van der Waals surface area contributed by atoms with Crippen molar-refractivity contribution in [2.75, 3.05) is 31.3 Å². The molecule has 0 radical (unpaired) electrons. The highest BCUT2D eigenvalue weighted by atomic mass is 35.5. The molecule has 3 heterocycles. The van der Waals surface area contributed by atoms with Crippen LogP contribution in [0.5, 0.6) is 0 Å². The summed E-state index contributed by atoms with van der Waals surface area (Å²) >= 11 is 6.10. The summed E-state index contributed by atoms with van der Waals surface area (Å²) in [6, 6.07) is 1.62. The third-order valence-corrected chi connectivity index (χ3v) is 4.57. The van der Waals surface area contributed by atoms with Crippen molar-refractivity contribution in [2.24, 2.45) is 0 Å². The van der Waals surface area contributed by atoms with E-state index in [4.69, 9.17) is 17.3 Å². The molecule has 10 heteroatoms. The molecular formula is C16H20ClN7O2. The van der Waals surface area contributed by atoms with Gasteiger partial charge in [0.2, 0.25) is 0 Å². The van der Waals surface area contributed by atoms with Gasteiger partial charge in [-0.05, 0) is 32.0 Å². The average Bonchev–Trinajstić information content (AvgIpc) is 2.67. The number of halogens is 1. The van der Waals surface area contributed by atoms with Gasteiger partial charge in [-0.1, -0.05) is 11.6 Å². The molecule has 3 rings (SSSR count). The van der Waals surface area contributed by atoms with Crippen molar-refractivity contribution >= 4 is 34.8 Å². The van der Waals surface area contributed by atoms with Gasteiger partial charge in [-0.25, -0.2) is 9.97 Å². The Morgan fingerprint density at radius 1 is 1.31 bits per heavy atom. The minimum Gasteiger partial charge on any atom is -0.382 e. The molecule has 0 bridgehead atoms. The highest BCUT2D eigenvalue weighted by Gasteiger charge is 2.21. The Hall–Kier alpha value is -2.65. The lowest BCUT2D eigenvalue weighted by Crippen LogP contribution is -2.37. The first-order valence-electron chi connectivity index (χ1n) is 8.12. The fourth-order valence-corrected chi connectivity index (χ4v) is 3.02. The van der Waals surface area contributed by atoms with Gasteiger partial charge in [0.1, 0.15) is 28.5 Å². The number of aryl methyl sites for hydroxylation is 1. The van der Waals surface area contributed by atoms with Crippen LogP contribution < -0.4 is 21.9 Å². The zero-order valence-corrected chi connectivity index (χ0v) is 15.3. The number of nitrogens with one attached hydrogen (secondary N) is 2. The van der Waals surface area contributed by atoms with E-state index < -0.39 is 0 Å². The summed E-state index contributed by atoms with van der Waals surface area (Å²) in [4.78, 5) is 35.3. The number of rotatable bonds is 2. The van der Waals surface area contributed by atoms with Crippen molar-refractivity contribution in [1.29, 1.82) is 0 Å². The number of hydrogen-bond acceptors (Lipinski definition) is 7. The lowest BCUT2D eigenvalue weighted by atomic mass is 10.1. The van der Waals surface area contributed by atoms with Crippen molar-refractivity contribution in [3.8, 4) is 0 Å². The van der Waals surface area contributed by atoms with Crippen LogP contribution in [0.4, 0.5) is 17.3 Å².